The van der Waals surface area contributed by atoms with E-state index < -0.39 is 0 Å². The average molecular weight is 217 g/mol. The van der Waals surface area contributed by atoms with Gasteiger partial charge >= 0.3 is 0 Å². The summed E-state index contributed by atoms with van der Waals surface area (Å²) < 4.78 is 5.48. The van der Waals surface area contributed by atoms with Gasteiger partial charge in [0.1, 0.15) is 12.0 Å². The molecule has 2 rings (SSSR count). The van der Waals surface area contributed by atoms with Gasteiger partial charge in [-0.25, -0.2) is 0 Å². The third-order valence-electron chi connectivity index (χ3n) is 2.11. The van der Waals surface area contributed by atoms with Gasteiger partial charge in [0.05, 0.1) is 18.5 Å². The maximum atomic E-state index is 10.4. The number of carbonyl (C=O) groups is 1. The molecule has 0 atom stereocenters. The molecule has 0 radical (unpaired) electrons. The molecular formula is C11H11N3O2. The molecule has 16 heavy (non-hydrogen) atoms. The second-order valence-corrected chi connectivity index (χ2v) is 3.25. The zero-order valence-corrected chi connectivity index (χ0v) is 8.59. The number of nitrogens with zero attached hydrogens (tertiary/aromatic N) is 2. The molecule has 1 heterocycles. The van der Waals surface area contributed by atoms with Crippen LogP contribution in [0.1, 0.15) is 16.1 Å². The summed E-state index contributed by atoms with van der Waals surface area (Å²) in [7, 11) is 0. The van der Waals surface area contributed by atoms with E-state index in [-0.39, 0.29) is 0 Å². The summed E-state index contributed by atoms with van der Waals surface area (Å²) in [4.78, 5) is 10.4. The second-order valence-electron chi connectivity index (χ2n) is 3.25. The molecule has 0 aliphatic heterocycles. The third kappa shape index (κ3) is 2.66. The van der Waals surface area contributed by atoms with E-state index in [1.165, 1.54) is 0 Å². The monoisotopic (exact) mass is 217 g/mol. The number of carbonyl (C=O) groups excluding carboxylic acids is 1. The molecule has 5 heteroatoms. The van der Waals surface area contributed by atoms with Crippen molar-refractivity contribution < 1.29 is 9.53 Å². The maximum absolute atomic E-state index is 10.4. The fourth-order valence-electron chi connectivity index (χ4n) is 1.26. The summed E-state index contributed by atoms with van der Waals surface area (Å²) in [6, 6.07) is 6.98. The van der Waals surface area contributed by atoms with Crippen LogP contribution in [-0.4, -0.2) is 28.3 Å². The molecule has 1 N–H and O–H groups in total. The van der Waals surface area contributed by atoms with E-state index >= 15 is 0 Å². The van der Waals surface area contributed by atoms with Crippen molar-refractivity contribution in [2.45, 2.75) is 6.42 Å². The minimum absolute atomic E-state index is 0.535. The topological polar surface area (TPSA) is 67.9 Å². The first kappa shape index (κ1) is 10.4. The second kappa shape index (κ2) is 5.06. The molecule has 0 aliphatic rings. The molecule has 5 nitrogen and oxygen atoms in total. The highest BCUT2D eigenvalue weighted by molar-refractivity contribution is 5.74. The summed E-state index contributed by atoms with van der Waals surface area (Å²) in [6.07, 6.45) is 3.17. The number of nitrogens with one attached hydrogen (secondary N) is 1. The maximum Gasteiger partial charge on any atom is 0.150 e. The van der Waals surface area contributed by atoms with Crippen LogP contribution in [0.25, 0.3) is 0 Å². The first-order valence-corrected chi connectivity index (χ1v) is 4.91. The van der Waals surface area contributed by atoms with Gasteiger partial charge in [-0.2, -0.15) is 15.4 Å². The van der Waals surface area contributed by atoms with Crippen LogP contribution < -0.4 is 4.74 Å². The van der Waals surface area contributed by atoms with E-state index in [2.05, 4.69) is 15.4 Å². The van der Waals surface area contributed by atoms with E-state index in [0.29, 0.717) is 18.6 Å². The summed E-state index contributed by atoms with van der Waals surface area (Å²) >= 11 is 0. The van der Waals surface area contributed by atoms with Gasteiger partial charge < -0.3 is 4.74 Å². The Balaban J connectivity index is 1.83. The zero-order chi connectivity index (χ0) is 11.2. The first-order valence-electron chi connectivity index (χ1n) is 4.91. The van der Waals surface area contributed by atoms with Crippen LogP contribution >= 0.6 is 0 Å². The van der Waals surface area contributed by atoms with E-state index in [0.717, 1.165) is 17.7 Å². The molecule has 0 bridgehead atoms. The molecule has 0 saturated carbocycles. The normalized spacial score (nSPS) is 10.0. The number of H-pyrrole nitrogens is 1. The van der Waals surface area contributed by atoms with Gasteiger partial charge in [0, 0.05) is 12.0 Å². The van der Waals surface area contributed by atoms with Crippen molar-refractivity contribution in [3.05, 3.63) is 41.7 Å². The minimum Gasteiger partial charge on any atom is -0.493 e. The Kier molecular flexibility index (Phi) is 3.28. The summed E-state index contributed by atoms with van der Waals surface area (Å²) in [5, 5.41) is 10.2. The SMILES string of the molecule is O=Cc1ccc(OCCc2cn[nH]n2)cc1. The van der Waals surface area contributed by atoms with Crippen LogP contribution in [0, 0.1) is 0 Å². The lowest BCUT2D eigenvalue weighted by molar-refractivity contribution is 0.112. The number of aromatic nitrogens is 3. The Morgan fingerprint density at radius 3 is 2.75 bits per heavy atom. The Labute approximate surface area is 92.4 Å². The number of rotatable bonds is 5. The molecule has 82 valence electrons. The van der Waals surface area contributed by atoms with Crippen LogP contribution in [0.15, 0.2) is 30.5 Å². The van der Waals surface area contributed by atoms with Crippen molar-refractivity contribution >= 4 is 6.29 Å². The van der Waals surface area contributed by atoms with Crippen LogP contribution in [0.4, 0.5) is 0 Å². The molecule has 2 aromatic rings. The number of aldehydes is 1. The summed E-state index contributed by atoms with van der Waals surface area (Å²) in [5.74, 6) is 0.745. The largest absolute Gasteiger partial charge is 0.493 e. The smallest absolute Gasteiger partial charge is 0.150 e. The van der Waals surface area contributed by atoms with E-state index in [9.17, 15) is 4.79 Å². The number of hydrogen-bond donors (Lipinski definition) is 1. The zero-order valence-electron chi connectivity index (χ0n) is 8.59. The van der Waals surface area contributed by atoms with Gasteiger partial charge in [-0.3, -0.25) is 4.79 Å². The van der Waals surface area contributed by atoms with Gasteiger partial charge in [0.25, 0.3) is 0 Å². The Morgan fingerprint density at radius 1 is 1.31 bits per heavy atom. The lowest BCUT2D eigenvalue weighted by Gasteiger charge is -2.04. The predicted octanol–water partition coefficient (Wildman–Crippen LogP) is 1.24. The standard InChI is InChI=1S/C11H11N3O2/c15-8-9-1-3-11(4-2-9)16-6-5-10-7-12-14-13-10/h1-4,7-8H,5-6H2,(H,12,13,14). The Hall–Kier alpha value is -2.17. The van der Waals surface area contributed by atoms with Gasteiger partial charge in [-0.1, -0.05) is 0 Å². The Bertz CT molecular complexity index is 437. The predicted molar refractivity (Wildman–Crippen MR) is 57.4 cm³/mol. The molecule has 0 unspecified atom stereocenters. The average Bonchev–Trinajstić information content (AvgIpc) is 2.83. The van der Waals surface area contributed by atoms with Crippen molar-refractivity contribution in [3.63, 3.8) is 0 Å². The van der Waals surface area contributed by atoms with Crippen molar-refractivity contribution in [3.8, 4) is 5.75 Å². The highest BCUT2D eigenvalue weighted by atomic mass is 16.5. The van der Waals surface area contributed by atoms with Crippen molar-refractivity contribution in [2.24, 2.45) is 0 Å². The molecule has 1 aromatic heterocycles. The molecule has 0 aliphatic carbocycles. The van der Waals surface area contributed by atoms with Gasteiger partial charge in [-0.05, 0) is 24.3 Å². The highest BCUT2D eigenvalue weighted by Gasteiger charge is 1.98. The highest BCUT2D eigenvalue weighted by Crippen LogP contribution is 2.11. The molecule has 0 fully saturated rings. The van der Waals surface area contributed by atoms with E-state index in [4.69, 9.17) is 4.74 Å². The van der Waals surface area contributed by atoms with E-state index in [1.54, 1.807) is 30.5 Å². The Morgan fingerprint density at radius 2 is 2.12 bits per heavy atom. The molecule has 0 spiro atoms. The number of aromatic amines is 1. The van der Waals surface area contributed by atoms with Crippen molar-refractivity contribution in [1.29, 1.82) is 0 Å². The molecule has 0 saturated heterocycles. The lowest BCUT2D eigenvalue weighted by atomic mass is 10.2. The van der Waals surface area contributed by atoms with Gasteiger partial charge in [0.2, 0.25) is 0 Å². The molecular weight excluding hydrogens is 206 g/mol. The molecule has 0 amide bonds. The summed E-state index contributed by atoms with van der Waals surface area (Å²) in [5.41, 5.74) is 1.51. The first-order chi connectivity index (χ1) is 7.88. The van der Waals surface area contributed by atoms with Gasteiger partial charge in [-0.15, -0.1) is 0 Å². The van der Waals surface area contributed by atoms with Crippen LogP contribution in [0.5, 0.6) is 5.75 Å². The van der Waals surface area contributed by atoms with E-state index in [1.807, 2.05) is 0 Å². The fraction of sp³-hybridized carbons (Fsp3) is 0.182. The summed E-state index contributed by atoms with van der Waals surface area (Å²) in [6.45, 7) is 0.535. The van der Waals surface area contributed by atoms with Crippen LogP contribution in [-0.2, 0) is 6.42 Å². The van der Waals surface area contributed by atoms with Crippen LogP contribution in [0.3, 0.4) is 0 Å². The third-order valence-corrected chi connectivity index (χ3v) is 2.11. The fourth-order valence-corrected chi connectivity index (χ4v) is 1.26. The number of hydrogen-bond acceptors (Lipinski definition) is 4. The van der Waals surface area contributed by atoms with Crippen molar-refractivity contribution in [1.82, 2.24) is 15.4 Å². The quantitative estimate of drug-likeness (QED) is 0.765. The van der Waals surface area contributed by atoms with Crippen molar-refractivity contribution in [2.75, 3.05) is 6.61 Å². The van der Waals surface area contributed by atoms with Gasteiger partial charge in [0.15, 0.2) is 0 Å². The van der Waals surface area contributed by atoms with Crippen LogP contribution in [0.2, 0.25) is 0 Å². The number of ether oxygens (including phenoxy) is 1. The minimum atomic E-state index is 0.535. The lowest BCUT2D eigenvalue weighted by Crippen LogP contribution is -2.01. The molecule has 1 aromatic carbocycles. The number of benzene rings is 1.